The van der Waals surface area contributed by atoms with Gasteiger partial charge in [-0.2, -0.15) is 10.1 Å². The van der Waals surface area contributed by atoms with E-state index < -0.39 is 0 Å². The minimum Gasteiger partial charge on any atom is -0.449 e. The van der Waals surface area contributed by atoms with Gasteiger partial charge in [0.1, 0.15) is 6.10 Å². The van der Waals surface area contributed by atoms with Crippen molar-refractivity contribution in [2.45, 2.75) is 146 Å². The first-order valence-electron chi connectivity index (χ1n) is 17.0. The van der Waals surface area contributed by atoms with E-state index in [9.17, 15) is 9.59 Å². The number of nitrogens with zero attached hydrogens (tertiary/aromatic N) is 3. The number of aliphatic imine (C=N–C) groups is 2. The van der Waals surface area contributed by atoms with Crippen LogP contribution in [0.1, 0.15) is 122 Å². The second kappa shape index (κ2) is 18.9. The van der Waals surface area contributed by atoms with Crippen molar-refractivity contribution in [1.82, 2.24) is 5.32 Å². The summed E-state index contributed by atoms with van der Waals surface area (Å²) in [6, 6.07) is 0.692. The molecular weight excluding hydrogens is 548 g/mol. The number of isocyanates is 1. The average molecular weight is 601 g/mol. The second-order valence-corrected chi connectivity index (χ2v) is 13.4. The van der Waals surface area contributed by atoms with Crippen LogP contribution in [-0.4, -0.2) is 56.0 Å². The fourth-order valence-corrected chi connectivity index (χ4v) is 7.84. The lowest BCUT2D eigenvalue weighted by atomic mass is 9.76. The van der Waals surface area contributed by atoms with Crippen molar-refractivity contribution in [1.29, 1.82) is 5.26 Å². The van der Waals surface area contributed by atoms with Gasteiger partial charge in [-0.15, -0.1) is 0 Å². The SMILES string of the molecule is N#COC1CCC(CC2CCC(NC(=O)OCCCOOC=NC3CCC(CC4CCC(N=C=O)CC4)CC3)CC2)CC1. The van der Waals surface area contributed by atoms with Gasteiger partial charge in [0.05, 0.1) is 25.3 Å². The van der Waals surface area contributed by atoms with E-state index in [1.54, 1.807) is 6.08 Å². The molecule has 1 amide bonds. The first kappa shape index (κ1) is 33.3. The van der Waals surface area contributed by atoms with Crippen LogP contribution in [0.3, 0.4) is 0 Å². The summed E-state index contributed by atoms with van der Waals surface area (Å²) in [4.78, 5) is 41.4. The van der Waals surface area contributed by atoms with Gasteiger partial charge in [0.2, 0.25) is 12.5 Å². The number of carbonyl (C=O) groups is 1. The fraction of sp³-hybridized carbons (Fsp3) is 0.879. The number of amides is 1. The highest BCUT2D eigenvalue weighted by Gasteiger charge is 2.29. The molecule has 0 atom stereocenters. The number of nitrogens with one attached hydrogen (secondary N) is 1. The molecular formula is C33H52N4O6. The standard InChI is InChI=1S/C33H52N4O6/c34-22-41-32-16-8-28(9-17-32)21-27-6-14-31(15-7-27)37-33(39)40-18-1-19-42-43-24-36-30-12-4-26(5-13-30)20-25-2-10-29(11-3-25)35-23-38/h24-32H,1-21H2,(H,37,39). The Kier molecular flexibility index (Phi) is 14.6. The molecule has 0 radical (unpaired) electrons. The highest BCUT2D eigenvalue weighted by atomic mass is 17.2. The van der Waals surface area contributed by atoms with E-state index in [0.29, 0.717) is 19.1 Å². The van der Waals surface area contributed by atoms with Crippen molar-refractivity contribution in [3.8, 4) is 6.26 Å². The molecule has 0 aliphatic heterocycles. The fourth-order valence-electron chi connectivity index (χ4n) is 7.84. The third kappa shape index (κ3) is 12.5. The summed E-state index contributed by atoms with van der Waals surface area (Å²) < 4.78 is 10.4. The summed E-state index contributed by atoms with van der Waals surface area (Å²) in [5.41, 5.74) is 0. The molecule has 240 valence electrons. The molecule has 0 unspecified atom stereocenters. The quantitative estimate of drug-likeness (QED) is 0.0435. The molecule has 4 fully saturated rings. The minimum atomic E-state index is -0.350. The lowest BCUT2D eigenvalue weighted by Gasteiger charge is -2.33. The molecule has 4 aliphatic carbocycles. The van der Waals surface area contributed by atoms with Crippen molar-refractivity contribution in [2.75, 3.05) is 13.2 Å². The second-order valence-electron chi connectivity index (χ2n) is 13.4. The van der Waals surface area contributed by atoms with Gasteiger partial charge in [-0.05, 0) is 139 Å². The van der Waals surface area contributed by atoms with Crippen LogP contribution in [0, 0.1) is 35.2 Å². The van der Waals surface area contributed by atoms with Gasteiger partial charge in [0.15, 0.2) is 0 Å². The molecule has 0 spiro atoms. The largest absolute Gasteiger partial charge is 0.449 e. The van der Waals surface area contributed by atoms with Crippen LogP contribution >= 0.6 is 0 Å². The van der Waals surface area contributed by atoms with Gasteiger partial charge in [0, 0.05) is 12.5 Å². The van der Waals surface area contributed by atoms with Crippen LogP contribution in [0.5, 0.6) is 0 Å². The van der Waals surface area contributed by atoms with E-state index in [4.69, 9.17) is 24.5 Å². The number of hydrogen-bond acceptors (Lipinski definition) is 9. The maximum absolute atomic E-state index is 12.2. The highest BCUT2D eigenvalue weighted by Crippen LogP contribution is 2.37. The normalized spacial score (nSPS) is 33.1. The molecule has 0 bridgehead atoms. The molecule has 4 aliphatic rings. The topological polar surface area (TPSA) is 132 Å². The monoisotopic (exact) mass is 600 g/mol. The summed E-state index contributed by atoms with van der Waals surface area (Å²) >= 11 is 0. The van der Waals surface area contributed by atoms with E-state index in [2.05, 4.69) is 15.3 Å². The van der Waals surface area contributed by atoms with E-state index in [-0.39, 0.29) is 30.9 Å². The van der Waals surface area contributed by atoms with E-state index in [1.165, 1.54) is 44.9 Å². The van der Waals surface area contributed by atoms with Gasteiger partial charge in [-0.3, -0.25) is 4.99 Å². The number of nitriles is 1. The van der Waals surface area contributed by atoms with Crippen LogP contribution in [-0.2, 0) is 24.0 Å². The Balaban J connectivity index is 0.942. The van der Waals surface area contributed by atoms with E-state index in [0.717, 1.165) is 101 Å². The number of hydrogen-bond donors (Lipinski definition) is 1. The third-order valence-electron chi connectivity index (χ3n) is 10.4. The number of carbonyl (C=O) groups excluding carboxylic acids is 2. The van der Waals surface area contributed by atoms with Gasteiger partial charge < -0.3 is 19.7 Å². The molecule has 0 saturated heterocycles. The maximum Gasteiger partial charge on any atom is 0.407 e. The Bertz CT molecular complexity index is 918. The Morgan fingerprint density at radius 3 is 1.91 bits per heavy atom. The van der Waals surface area contributed by atoms with Crippen LogP contribution in [0.2, 0.25) is 0 Å². The zero-order valence-corrected chi connectivity index (χ0v) is 25.8. The Morgan fingerprint density at radius 1 is 0.767 bits per heavy atom. The Hall–Kier alpha value is -2.63. The van der Waals surface area contributed by atoms with E-state index >= 15 is 0 Å². The average Bonchev–Trinajstić information content (AvgIpc) is 3.02. The first-order valence-corrected chi connectivity index (χ1v) is 17.0. The zero-order chi connectivity index (χ0) is 30.1. The molecule has 0 aromatic heterocycles. The lowest BCUT2D eigenvalue weighted by Crippen LogP contribution is -2.38. The predicted molar refractivity (Wildman–Crippen MR) is 162 cm³/mol. The number of alkyl carbamates (subject to hydrolysis) is 1. The minimum absolute atomic E-state index is 0.125. The van der Waals surface area contributed by atoms with Crippen molar-refractivity contribution in [3.05, 3.63) is 0 Å². The van der Waals surface area contributed by atoms with Crippen molar-refractivity contribution < 1.29 is 28.8 Å². The summed E-state index contributed by atoms with van der Waals surface area (Å²) in [5.74, 6) is 3.03. The molecule has 0 heterocycles. The summed E-state index contributed by atoms with van der Waals surface area (Å²) in [6.45, 7) is 0.623. The van der Waals surface area contributed by atoms with Gasteiger partial charge in [-0.1, -0.05) is 0 Å². The molecule has 4 saturated carbocycles. The molecule has 1 N–H and O–H groups in total. The molecule has 10 nitrogen and oxygen atoms in total. The Morgan fingerprint density at radius 2 is 1.33 bits per heavy atom. The molecule has 4 rings (SSSR count). The van der Waals surface area contributed by atoms with Crippen molar-refractivity contribution in [2.24, 2.45) is 33.7 Å². The van der Waals surface area contributed by atoms with Crippen LogP contribution in [0.15, 0.2) is 9.98 Å². The molecule has 0 aromatic carbocycles. The van der Waals surface area contributed by atoms with E-state index in [1.807, 2.05) is 6.26 Å². The predicted octanol–water partition coefficient (Wildman–Crippen LogP) is 6.93. The molecule has 10 heteroatoms. The highest BCUT2D eigenvalue weighted by molar-refractivity contribution is 5.67. The molecule has 43 heavy (non-hydrogen) atoms. The number of rotatable bonds is 14. The van der Waals surface area contributed by atoms with Gasteiger partial charge in [-0.25, -0.2) is 14.6 Å². The Labute approximate surface area is 257 Å². The van der Waals surface area contributed by atoms with Crippen LogP contribution in [0.4, 0.5) is 4.79 Å². The summed E-state index contributed by atoms with van der Waals surface area (Å²) in [5, 5.41) is 11.7. The number of ether oxygens (including phenoxy) is 2. The van der Waals surface area contributed by atoms with Crippen molar-refractivity contribution >= 4 is 18.6 Å². The van der Waals surface area contributed by atoms with Crippen LogP contribution in [0.25, 0.3) is 0 Å². The van der Waals surface area contributed by atoms with Crippen molar-refractivity contribution in [3.63, 3.8) is 0 Å². The molecule has 0 aromatic rings. The summed E-state index contributed by atoms with van der Waals surface area (Å²) in [7, 11) is 0. The zero-order valence-electron chi connectivity index (χ0n) is 25.8. The van der Waals surface area contributed by atoms with Gasteiger partial charge in [0.25, 0.3) is 6.26 Å². The third-order valence-corrected chi connectivity index (χ3v) is 10.4. The smallest absolute Gasteiger partial charge is 0.407 e. The lowest BCUT2D eigenvalue weighted by molar-refractivity contribution is -0.218. The van der Waals surface area contributed by atoms with Crippen LogP contribution < -0.4 is 5.32 Å². The van der Waals surface area contributed by atoms with Gasteiger partial charge >= 0.3 is 6.09 Å². The first-order chi connectivity index (χ1) is 21.1. The summed E-state index contributed by atoms with van der Waals surface area (Å²) in [6.07, 6.45) is 25.5. The maximum atomic E-state index is 12.2.